The van der Waals surface area contributed by atoms with Crippen molar-refractivity contribution in [3.05, 3.63) is 46.6 Å². The molecular weight excluding hydrogens is 248 g/mol. The molecule has 0 atom stereocenters. The molecule has 0 unspecified atom stereocenters. The van der Waals surface area contributed by atoms with Gasteiger partial charge >= 0.3 is 0 Å². The number of hydrogen-bond donors (Lipinski definition) is 1. The molecule has 1 N–H and O–H groups in total. The van der Waals surface area contributed by atoms with Gasteiger partial charge in [0.1, 0.15) is 16.8 Å². The van der Waals surface area contributed by atoms with Gasteiger partial charge in [-0.05, 0) is 19.1 Å². The molecule has 2 aromatic heterocycles. The summed E-state index contributed by atoms with van der Waals surface area (Å²) in [5, 5.41) is 3.75. The number of rotatable bonds is 4. The predicted octanol–water partition coefficient (Wildman–Crippen LogP) is 3.01. The summed E-state index contributed by atoms with van der Waals surface area (Å²) in [6.07, 6.45) is 2.53. The number of nitrogens with zero attached hydrogens (tertiary/aromatic N) is 3. The Hall–Kier alpha value is -1.68. The lowest BCUT2D eigenvalue weighted by Gasteiger charge is -2.10. The average Bonchev–Trinajstić information content (AvgIpc) is 2.41. The van der Waals surface area contributed by atoms with E-state index in [-0.39, 0.29) is 0 Å². The number of nitrogens with one attached hydrogen (secondary N) is 1. The predicted molar refractivity (Wildman–Crippen MR) is 72.7 cm³/mol. The Kier molecular flexibility index (Phi) is 4.10. The SMILES string of the molecule is CCc1nc(Cl)c(C)c(NCc2ccccn2)n1. The van der Waals surface area contributed by atoms with Gasteiger partial charge in [0.05, 0.1) is 12.2 Å². The van der Waals surface area contributed by atoms with E-state index in [9.17, 15) is 0 Å². The zero-order valence-electron chi connectivity index (χ0n) is 10.4. The van der Waals surface area contributed by atoms with Gasteiger partial charge in [-0.15, -0.1) is 0 Å². The Morgan fingerprint density at radius 3 is 2.78 bits per heavy atom. The fraction of sp³-hybridized carbons (Fsp3) is 0.308. The molecule has 0 radical (unpaired) electrons. The fourth-order valence-corrected chi connectivity index (χ4v) is 1.73. The smallest absolute Gasteiger partial charge is 0.137 e. The lowest BCUT2D eigenvalue weighted by atomic mass is 10.3. The third-order valence-electron chi connectivity index (χ3n) is 2.61. The van der Waals surface area contributed by atoms with Crippen molar-refractivity contribution in [2.45, 2.75) is 26.8 Å². The number of aromatic nitrogens is 3. The summed E-state index contributed by atoms with van der Waals surface area (Å²) in [5.74, 6) is 1.52. The van der Waals surface area contributed by atoms with Gasteiger partial charge in [-0.1, -0.05) is 24.6 Å². The Bertz CT molecular complexity index is 528. The van der Waals surface area contributed by atoms with Crippen LogP contribution in [-0.4, -0.2) is 15.0 Å². The van der Waals surface area contributed by atoms with Gasteiger partial charge in [0.2, 0.25) is 0 Å². The van der Waals surface area contributed by atoms with Crippen molar-refractivity contribution >= 4 is 17.4 Å². The number of pyridine rings is 1. The first-order valence-corrected chi connectivity index (χ1v) is 6.25. The Morgan fingerprint density at radius 1 is 1.28 bits per heavy atom. The minimum absolute atomic E-state index is 0.505. The monoisotopic (exact) mass is 262 g/mol. The molecule has 0 aliphatic heterocycles. The molecule has 5 heteroatoms. The van der Waals surface area contributed by atoms with Gasteiger partial charge < -0.3 is 5.32 Å². The molecular formula is C13H15ClN4. The van der Waals surface area contributed by atoms with Crippen LogP contribution in [0.15, 0.2) is 24.4 Å². The second-order valence-corrected chi connectivity index (χ2v) is 4.29. The van der Waals surface area contributed by atoms with E-state index >= 15 is 0 Å². The van der Waals surface area contributed by atoms with Crippen LogP contribution in [0.4, 0.5) is 5.82 Å². The van der Waals surface area contributed by atoms with Crippen molar-refractivity contribution < 1.29 is 0 Å². The minimum Gasteiger partial charge on any atom is -0.364 e. The van der Waals surface area contributed by atoms with Crippen molar-refractivity contribution in [2.75, 3.05) is 5.32 Å². The molecule has 0 fully saturated rings. The average molecular weight is 263 g/mol. The molecule has 4 nitrogen and oxygen atoms in total. The van der Waals surface area contributed by atoms with E-state index in [1.165, 1.54) is 0 Å². The summed E-state index contributed by atoms with van der Waals surface area (Å²) in [6, 6.07) is 5.82. The molecule has 0 bridgehead atoms. The van der Waals surface area contributed by atoms with Crippen LogP contribution < -0.4 is 5.32 Å². The summed E-state index contributed by atoms with van der Waals surface area (Å²) in [7, 11) is 0. The fourth-order valence-electron chi connectivity index (χ4n) is 1.54. The van der Waals surface area contributed by atoms with Crippen molar-refractivity contribution in [3.8, 4) is 0 Å². The van der Waals surface area contributed by atoms with Crippen LogP contribution in [-0.2, 0) is 13.0 Å². The summed E-state index contributed by atoms with van der Waals surface area (Å²) in [5.41, 5.74) is 1.83. The summed E-state index contributed by atoms with van der Waals surface area (Å²) < 4.78 is 0. The van der Waals surface area contributed by atoms with E-state index in [0.29, 0.717) is 11.7 Å². The highest BCUT2D eigenvalue weighted by Gasteiger charge is 2.08. The van der Waals surface area contributed by atoms with E-state index in [0.717, 1.165) is 29.3 Å². The molecule has 0 saturated carbocycles. The molecule has 0 aliphatic carbocycles. The normalized spacial score (nSPS) is 10.4. The molecule has 0 aliphatic rings. The highest BCUT2D eigenvalue weighted by Crippen LogP contribution is 2.20. The minimum atomic E-state index is 0.505. The van der Waals surface area contributed by atoms with E-state index in [1.807, 2.05) is 32.0 Å². The molecule has 94 valence electrons. The molecule has 0 amide bonds. The molecule has 18 heavy (non-hydrogen) atoms. The van der Waals surface area contributed by atoms with Gasteiger partial charge in [-0.25, -0.2) is 9.97 Å². The highest BCUT2D eigenvalue weighted by molar-refractivity contribution is 6.30. The van der Waals surface area contributed by atoms with Crippen molar-refractivity contribution in [2.24, 2.45) is 0 Å². The summed E-state index contributed by atoms with van der Waals surface area (Å²) in [4.78, 5) is 12.9. The van der Waals surface area contributed by atoms with E-state index in [2.05, 4.69) is 20.3 Å². The topological polar surface area (TPSA) is 50.7 Å². The van der Waals surface area contributed by atoms with Gasteiger partial charge in [0.25, 0.3) is 0 Å². The standard InChI is InChI=1S/C13H15ClN4/c1-3-11-17-12(14)9(2)13(18-11)16-8-10-6-4-5-7-15-10/h4-7H,3,8H2,1-2H3,(H,16,17,18). The Labute approximate surface area is 111 Å². The van der Waals surface area contributed by atoms with Gasteiger partial charge in [0, 0.05) is 18.2 Å². The third-order valence-corrected chi connectivity index (χ3v) is 2.98. The van der Waals surface area contributed by atoms with Crippen LogP contribution in [0.5, 0.6) is 0 Å². The quantitative estimate of drug-likeness (QED) is 0.861. The zero-order valence-corrected chi connectivity index (χ0v) is 11.2. The van der Waals surface area contributed by atoms with Crippen LogP contribution in [0.1, 0.15) is 24.0 Å². The largest absolute Gasteiger partial charge is 0.364 e. The lowest BCUT2D eigenvalue weighted by Crippen LogP contribution is -2.07. The summed E-state index contributed by atoms with van der Waals surface area (Å²) >= 11 is 6.07. The van der Waals surface area contributed by atoms with Crippen molar-refractivity contribution in [3.63, 3.8) is 0 Å². The number of aryl methyl sites for hydroxylation is 1. The lowest BCUT2D eigenvalue weighted by molar-refractivity contribution is 0.917. The third kappa shape index (κ3) is 2.96. The van der Waals surface area contributed by atoms with Crippen LogP contribution in [0.2, 0.25) is 5.15 Å². The van der Waals surface area contributed by atoms with Crippen LogP contribution in [0.25, 0.3) is 0 Å². The van der Waals surface area contributed by atoms with Crippen LogP contribution >= 0.6 is 11.6 Å². The molecule has 0 spiro atoms. The molecule has 2 heterocycles. The second kappa shape index (κ2) is 5.78. The van der Waals surface area contributed by atoms with Crippen LogP contribution in [0.3, 0.4) is 0 Å². The van der Waals surface area contributed by atoms with E-state index < -0.39 is 0 Å². The zero-order chi connectivity index (χ0) is 13.0. The maximum absolute atomic E-state index is 6.07. The number of halogens is 1. The molecule has 0 saturated heterocycles. The van der Waals surface area contributed by atoms with E-state index in [1.54, 1.807) is 6.20 Å². The first-order valence-electron chi connectivity index (χ1n) is 5.87. The summed E-state index contributed by atoms with van der Waals surface area (Å²) in [6.45, 7) is 4.53. The van der Waals surface area contributed by atoms with E-state index in [4.69, 9.17) is 11.6 Å². The first kappa shape index (κ1) is 12.8. The Morgan fingerprint density at radius 2 is 2.11 bits per heavy atom. The second-order valence-electron chi connectivity index (χ2n) is 3.93. The van der Waals surface area contributed by atoms with Gasteiger partial charge in [0.15, 0.2) is 0 Å². The maximum atomic E-state index is 6.07. The van der Waals surface area contributed by atoms with Crippen LogP contribution in [0, 0.1) is 6.92 Å². The van der Waals surface area contributed by atoms with Gasteiger partial charge in [-0.3, -0.25) is 4.98 Å². The maximum Gasteiger partial charge on any atom is 0.137 e. The first-order chi connectivity index (χ1) is 8.70. The molecule has 2 rings (SSSR count). The number of hydrogen-bond acceptors (Lipinski definition) is 4. The Balaban J connectivity index is 2.16. The molecule has 0 aromatic carbocycles. The van der Waals surface area contributed by atoms with Crippen molar-refractivity contribution in [1.82, 2.24) is 15.0 Å². The van der Waals surface area contributed by atoms with Gasteiger partial charge in [-0.2, -0.15) is 0 Å². The number of anilines is 1. The molecule has 2 aromatic rings. The van der Waals surface area contributed by atoms with Crippen molar-refractivity contribution in [1.29, 1.82) is 0 Å². The highest BCUT2D eigenvalue weighted by atomic mass is 35.5.